The predicted octanol–water partition coefficient (Wildman–Crippen LogP) is 2.91. The van der Waals surface area contributed by atoms with Gasteiger partial charge in [-0.05, 0) is 20.3 Å². The highest BCUT2D eigenvalue weighted by molar-refractivity contribution is 5.10. The first-order valence-corrected chi connectivity index (χ1v) is 3.21. The summed E-state index contributed by atoms with van der Waals surface area (Å²) in [5, 5.41) is 0. The zero-order chi connectivity index (χ0) is 7.70. The second-order valence-corrected chi connectivity index (χ2v) is 1.67. The fraction of sp³-hybridized carbons (Fsp3) is 0.889. The maximum Gasteiger partial charge on any atom is 0.106 e. The first-order valence-electron chi connectivity index (χ1n) is 3.21. The van der Waals surface area contributed by atoms with Crippen LogP contribution in [0.5, 0.6) is 0 Å². The quantitative estimate of drug-likeness (QED) is 0.641. The van der Waals surface area contributed by atoms with Crippen molar-refractivity contribution in [2.75, 3.05) is 6.61 Å². The fourth-order valence-electron chi connectivity index (χ4n) is 0.402. The highest BCUT2D eigenvalue weighted by atomic mass is 16.5. The van der Waals surface area contributed by atoms with Crippen molar-refractivity contribution in [3.8, 4) is 0 Å². The fourth-order valence-corrected chi connectivity index (χ4v) is 0.402. The zero-order valence-corrected chi connectivity index (χ0v) is 6.52. The summed E-state index contributed by atoms with van der Waals surface area (Å²) < 4.78 is 5.19. The van der Waals surface area contributed by atoms with E-state index in [4.69, 9.17) is 9.53 Å². The minimum Gasteiger partial charge on any atom is -0.379 e. The molecule has 0 aliphatic carbocycles. The Bertz CT molecular complexity index is 46.8. The summed E-state index contributed by atoms with van der Waals surface area (Å²) in [6.45, 7) is 9.07. The molecule has 1 atom stereocenters. The van der Waals surface area contributed by atoms with Gasteiger partial charge in [0.1, 0.15) is 6.79 Å². The van der Waals surface area contributed by atoms with Gasteiger partial charge in [0, 0.05) is 6.61 Å². The number of hydrogen-bond donors (Lipinski definition) is 0. The molecule has 0 bridgehead atoms. The number of rotatable bonds is 3. The molecule has 0 heterocycles. The topological polar surface area (TPSA) is 26.3 Å². The van der Waals surface area contributed by atoms with Crippen molar-refractivity contribution in [3.63, 3.8) is 0 Å². The third-order valence-electron chi connectivity index (χ3n) is 1.03. The van der Waals surface area contributed by atoms with Crippen molar-refractivity contribution in [1.29, 1.82) is 0 Å². The Kier molecular flexibility index (Phi) is 46.1. The summed E-state index contributed by atoms with van der Waals surface area (Å²) in [5.74, 6) is 0. The molecular weight excluding hydrogens is 140 g/mol. The molecule has 0 saturated carbocycles. The van der Waals surface area contributed by atoms with Gasteiger partial charge in [-0.3, -0.25) is 0 Å². The van der Waals surface area contributed by atoms with Crippen LogP contribution >= 0.6 is 0 Å². The molecule has 2 nitrogen and oxygen atoms in total. The van der Waals surface area contributed by atoms with Gasteiger partial charge in [-0.2, -0.15) is 0 Å². The first-order chi connectivity index (χ1) is 4.31. The van der Waals surface area contributed by atoms with Crippen LogP contribution in [0.2, 0.25) is 0 Å². The Morgan fingerprint density at radius 3 is 1.73 bits per heavy atom. The minimum absolute atomic E-state index is 0. The van der Waals surface area contributed by atoms with Crippen LogP contribution in [0.1, 0.15) is 42.0 Å². The molecule has 0 saturated heterocycles. The maximum absolute atomic E-state index is 8.00. The molecule has 0 spiro atoms. The van der Waals surface area contributed by atoms with Crippen LogP contribution in [-0.4, -0.2) is 19.5 Å². The predicted molar refractivity (Wildman–Crippen MR) is 52.0 cm³/mol. The van der Waals surface area contributed by atoms with Crippen LogP contribution in [0, 0.1) is 0 Å². The van der Waals surface area contributed by atoms with Crippen molar-refractivity contribution >= 4 is 6.79 Å². The molecule has 11 heavy (non-hydrogen) atoms. The average molecular weight is 164 g/mol. The molecule has 0 fully saturated rings. The van der Waals surface area contributed by atoms with E-state index in [1.165, 1.54) is 0 Å². The van der Waals surface area contributed by atoms with Crippen molar-refractivity contribution in [3.05, 3.63) is 0 Å². The second kappa shape index (κ2) is 22.6. The van der Waals surface area contributed by atoms with E-state index in [2.05, 4.69) is 13.8 Å². The van der Waals surface area contributed by atoms with Crippen molar-refractivity contribution in [2.45, 2.75) is 48.1 Å². The molecule has 0 aromatic heterocycles. The van der Waals surface area contributed by atoms with Crippen LogP contribution in [0.15, 0.2) is 0 Å². The van der Waals surface area contributed by atoms with Gasteiger partial charge in [0.2, 0.25) is 0 Å². The van der Waals surface area contributed by atoms with Crippen molar-refractivity contribution in [1.82, 2.24) is 0 Å². The number of carbonyl (C=O) groups is 1. The maximum atomic E-state index is 8.00. The van der Waals surface area contributed by atoms with Gasteiger partial charge in [-0.1, -0.05) is 21.8 Å². The number of hydrogen-bond acceptors (Lipinski definition) is 2. The Morgan fingerprint density at radius 1 is 1.27 bits per heavy atom. The monoisotopic (exact) mass is 164 g/mol. The van der Waals surface area contributed by atoms with Crippen LogP contribution in [-0.2, 0) is 9.53 Å². The lowest BCUT2D eigenvalue weighted by Crippen LogP contribution is -2.04. The smallest absolute Gasteiger partial charge is 0.106 e. The SMILES string of the molecule is C.C.C=O.CCOC(C)CC. The molecule has 2 heteroatoms. The lowest BCUT2D eigenvalue weighted by Gasteiger charge is -2.05. The van der Waals surface area contributed by atoms with E-state index < -0.39 is 0 Å². The number of ether oxygens (including phenoxy) is 1. The molecule has 72 valence electrons. The largest absolute Gasteiger partial charge is 0.379 e. The Morgan fingerprint density at radius 2 is 1.64 bits per heavy atom. The molecule has 0 aliphatic heterocycles. The summed E-state index contributed by atoms with van der Waals surface area (Å²) in [6, 6.07) is 0. The standard InChI is InChI=1S/C6H14O.CH2O.2CH4/c1-4-6(3)7-5-2;1-2;;/h6H,4-5H2,1-3H3;1H2;2*1H4. The molecule has 0 N–H and O–H groups in total. The molecule has 0 radical (unpaired) electrons. The highest BCUT2D eigenvalue weighted by Crippen LogP contribution is 1.92. The van der Waals surface area contributed by atoms with Crippen LogP contribution < -0.4 is 0 Å². The summed E-state index contributed by atoms with van der Waals surface area (Å²) in [4.78, 5) is 8.00. The summed E-state index contributed by atoms with van der Waals surface area (Å²) in [6.07, 6.45) is 1.57. The minimum atomic E-state index is 0. The lowest BCUT2D eigenvalue weighted by molar-refractivity contribution is -0.0979. The normalized spacial score (nSPS) is 9.36. The molecule has 0 aromatic rings. The molecule has 0 amide bonds. The van der Waals surface area contributed by atoms with E-state index in [-0.39, 0.29) is 14.9 Å². The van der Waals surface area contributed by atoms with Gasteiger partial charge in [0.15, 0.2) is 0 Å². The molecule has 0 rings (SSSR count). The van der Waals surface area contributed by atoms with Crippen LogP contribution in [0.25, 0.3) is 0 Å². The first kappa shape index (κ1) is 22.4. The van der Waals surface area contributed by atoms with E-state index in [0.29, 0.717) is 6.10 Å². The Labute approximate surface area is 72.0 Å². The van der Waals surface area contributed by atoms with Gasteiger partial charge in [0.25, 0.3) is 0 Å². The summed E-state index contributed by atoms with van der Waals surface area (Å²) in [5.41, 5.74) is 0. The lowest BCUT2D eigenvalue weighted by atomic mass is 10.3. The van der Waals surface area contributed by atoms with E-state index in [0.717, 1.165) is 13.0 Å². The van der Waals surface area contributed by atoms with Gasteiger partial charge in [-0.15, -0.1) is 0 Å². The van der Waals surface area contributed by atoms with Crippen LogP contribution in [0.3, 0.4) is 0 Å². The second-order valence-electron chi connectivity index (χ2n) is 1.67. The summed E-state index contributed by atoms with van der Waals surface area (Å²) >= 11 is 0. The van der Waals surface area contributed by atoms with E-state index in [1.807, 2.05) is 13.7 Å². The number of carbonyl (C=O) groups excluding carboxylic acids is 1. The molecular formula is C9H24O2. The van der Waals surface area contributed by atoms with E-state index >= 15 is 0 Å². The third-order valence-corrected chi connectivity index (χ3v) is 1.03. The van der Waals surface area contributed by atoms with Crippen molar-refractivity contribution < 1.29 is 9.53 Å². The molecule has 0 aromatic carbocycles. The highest BCUT2D eigenvalue weighted by Gasteiger charge is 1.91. The van der Waals surface area contributed by atoms with Gasteiger partial charge < -0.3 is 9.53 Å². The summed E-state index contributed by atoms with van der Waals surface area (Å²) in [7, 11) is 0. The van der Waals surface area contributed by atoms with Crippen LogP contribution in [0.4, 0.5) is 0 Å². The Balaban J connectivity index is -0.0000000564. The third kappa shape index (κ3) is 26.2. The molecule has 1 unspecified atom stereocenters. The van der Waals surface area contributed by atoms with E-state index in [9.17, 15) is 0 Å². The Hall–Kier alpha value is -0.370. The van der Waals surface area contributed by atoms with Crippen molar-refractivity contribution in [2.24, 2.45) is 0 Å². The van der Waals surface area contributed by atoms with Gasteiger partial charge >= 0.3 is 0 Å². The van der Waals surface area contributed by atoms with E-state index in [1.54, 1.807) is 0 Å². The molecule has 0 aliphatic rings. The van der Waals surface area contributed by atoms with Gasteiger partial charge in [-0.25, -0.2) is 0 Å². The average Bonchev–Trinajstić information content (AvgIpc) is 1.93. The zero-order valence-electron chi connectivity index (χ0n) is 6.52. The van der Waals surface area contributed by atoms with Gasteiger partial charge in [0.05, 0.1) is 6.10 Å².